The van der Waals surface area contributed by atoms with Crippen molar-refractivity contribution in [3.05, 3.63) is 22.4 Å². The summed E-state index contributed by atoms with van der Waals surface area (Å²) in [5.74, 6) is 0.0214. The molecule has 0 aliphatic rings. The molecule has 0 saturated heterocycles. The first kappa shape index (κ1) is 9.92. The minimum atomic E-state index is 0.0214. The predicted molar refractivity (Wildman–Crippen MR) is 52.8 cm³/mol. The summed E-state index contributed by atoms with van der Waals surface area (Å²) in [5.41, 5.74) is 0. The molecule has 0 saturated carbocycles. The Morgan fingerprint density at radius 3 is 3.00 bits per heavy atom. The third-order valence-electron chi connectivity index (χ3n) is 1.30. The van der Waals surface area contributed by atoms with Gasteiger partial charge in [0.15, 0.2) is 6.61 Å². The molecule has 0 fully saturated rings. The number of rotatable bonds is 4. The zero-order valence-corrected chi connectivity index (χ0v) is 8.50. The fourth-order valence-electron chi connectivity index (χ4n) is 0.770. The predicted octanol–water partition coefficient (Wildman–Crippen LogP) is 1.25. The van der Waals surface area contributed by atoms with Crippen LogP contribution in [-0.2, 0) is 4.74 Å². The van der Waals surface area contributed by atoms with E-state index < -0.39 is 0 Å². The van der Waals surface area contributed by atoms with E-state index in [9.17, 15) is 4.79 Å². The molecule has 0 atom stereocenters. The second-order valence-electron chi connectivity index (χ2n) is 2.78. The highest BCUT2D eigenvalue weighted by Gasteiger charge is 2.06. The Hall–Kier alpha value is -1.16. The fraction of sp³-hybridized carbons (Fsp3) is 0.333. The minimum Gasteiger partial charge on any atom is -0.442 e. The van der Waals surface area contributed by atoms with Crippen LogP contribution in [-0.4, -0.2) is 37.5 Å². The molecule has 1 heterocycles. The molecule has 0 amide bonds. The Bertz CT molecular complexity index is 299. The van der Waals surface area contributed by atoms with Crippen LogP contribution < -0.4 is 0 Å². The van der Waals surface area contributed by atoms with Crippen LogP contribution in [0.3, 0.4) is 0 Å². The van der Waals surface area contributed by atoms with Crippen molar-refractivity contribution in [1.82, 2.24) is 0 Å². The van der Waals surface area contributed by atoms with E-state index in [-0.39, 0.29) is 12.4 Å². The summed E-state index contributed by atoms with van der Waals surface area (Å²) in [5, 5.41) is 1.88. The van der Waals surface area contributed by atoms with Crippen molar-refractivity contribution in [1.29, 1.82) is 0 Å². The average Bonchev–Trinajstić information content (AvgIpc) is 2.55. The van der Waals surface area contributed by atoms with Crippen molar-refractivity contribution < 1.29 is 14.1 Å². The number of ether oxygens (including phenoxy) is 1. The smallest absolute Gasteiger partial charge is 0.323 e. The zero-order chi connectivity index (χ0) is 9.68. The second-order valence-corrected chi connectivity index (χ2v) is 3.73. The molecule has 4 heteroatoms. The van der Waals surface area contributed by atoms with Gasteiger partial charge in [0.1, 0.15) is 14.1 Å². The summed E-state index contributed by atoms with van der Waals surface area (Å²) in [6.07, 6.45) is 1.52. The molecular formula is C9H12NO2S+. The van der Waals surface area contributed by atoms with E-state index in [0.717, 1.165) is 4.88 Å². The average molecular weight is 198 g/mol. The Kier molecular flexibility index (Phi) is 3.64. The molecule has 1 aromatic rings. The molecule has 0 aromatic carbocycles. The summed E-state index contributed by atoms with van der Waals surface area (Å²) in [6.45, 7) is 0.110. The second kappa shape index (κ2) is 4.77. The van der Waals surface area contributed by atoms with Gasteiger partial charge < -0.3 is 4.74 Å². The van der Waals surface area contributed by atoms with Gasteiger partial charge in [0.2, 0.25) is 5.78 Å². The number of thiophene rings is 1. The number of carbonyl (C=O) groups excluding carboxylic acids is 1. The monoisotopic (exact) mass is 198 g/mol. The lowest BCUT2D eigenvalue weighted by Crippen LogP contribution is -2.10. The number of Topliss-reactive ketones (excluding diaryl/α,β-unsaturated/α-hetero) is 1. The van der Waals surface area contributed by atoms with E-state index in [1.54, 1.807) is 10.6 Å². The molecule has 0 radical (unpaired) electrons. The quantitative estimate of drug-likeness (QED) is 0.315. The molecule has 1 rings (SSSR count). The SMILES string of the molecule is C[N+](C)=COCC(=O)c1cccs1. The van der Waals surface area contributed by atoms with Crippen LogP contribution in [0.2, 0.25) is 0 Å². The molecule has 1 aromatic heterocycles. The summed E-state index contributed by atoms with van der Waals surface area (Å²) in [7, 11) is 3.69. The normalized spacial score (nSPS) is 9.38. The van der Waals surface area contributed by atoms with Gasteiger partial charge in [-0.2, -0.15) is 0 Å². The van der Waals surface area contributed by atoms with Crippen molar-refractivity contribution in [2.24, 2.45) is 0 Å². The largest absolute Gasteiger partial charge is 0.442 e. The number of hydrogen-bond donors (Lipinski definition) is 0. The van der Waals surface area contributed by atoms with Gasteiger partial charge in [-0.05, 0) is 11.4 Å². The van der Waals surface area contributed by atoms with Crippen LogP contribution >= 0.6 is 11.3 Å². The lowest BCUT2D eigenvalue weighted by atomic mass is 10.3. The first-order valence-electron chi connectivity index (χ1n) is 3.88. The standard InChI is InChI=1S/C9H12NO2S/c1-10(2)7-12-6-8(11)9-4-3-5-13-9/h3-5,7H,6H2,1-2H3/q+1. The highest BCUT2D eigenvalue weighted by Crippen LogP contribution is 2.08. The lowest BCUT2D eigenvalue weighted by Gasteiger charge is -1.95. The van der Waals surface area contributed by atoms with Crippen molar-refractivity contribution >= 4 is 23.5 Å². The summed E-state index contributed by atoms with van der Waals surface area (Å²) >= 11 is 1.43. The van der Waals surface area contributed by atoms with E-state index in [2.05, 4.69) is 0 Å². The molecule has 70 valence electrons. The van der Waals surface area contributed by atoms with Gasteiger partial charge in [-0.3, -0.25) is 4.79 Å². The van der Waals surface area contributed by atoms with Crippen LogP contribution in [0.15, 0.2) is 17.5 Å². The van der Waals surface area contributed by atoms with Crippen LogP contribution in [0.4, 0.5) is 0 Å². The van der Waals surface area contributed by atoms with Gasteiger partial charge in [-0.25, -0.2) is 4.58 Å². The summed E-state index contributed by atoms with van der Waals surface area (Å²) in [6, 6.07) is 3.65. The van der Waals surface area contributed by atoms with Crippen molar-refractivity contribution in [3.63, 3.8) is 0 Å². The Morgan fingerprint density at radius 1 is 1.69 bits per heavy atom. The van der Waals surface area contributed by atoms with E-state index in [0.29, 0.717) is 0 Å². The van der Waals surface area contributed by atoms with Crippen LogP contribution in [0.5, 0.6) is 0 Å². The van der Waals surface area contributed by atoms with Crippen molar-refractivity contribution in [2.45, 2.75) is 0 Å². The Labute approximate surface area is 81.3 Å². The lowest BCUT2D eigenvalue weighted by molar-refractivity contribution is -0.468. The van der Waals surface area contributed by atoms with Crippen LogP contribution in [0.25, 0.3) is 0 Å². The van der Waals surface area contributed by atoms with Crippen molar-refractivity contribution in [2.75, 3.05) is 20.7 Å². The number of carbonyl (C=O) groups is 1. The highest BCUT2D eigenvalue weighted by molar-refractivity contribution is 7.12. The van der Waals surface area contributed by atoms with Gasteiger partial charge in [0.05, 0.1) is 4.88 Å². The van der Waals surface area contributed by atoms with Crippen LogP contribution in [0.1, 0.15) is 9.67 Å². The maximum Gasteiger partial charge on any atom is 0.323 e. The maximum atomic E-state index is 11.3. The van der Waals surface area contributed by atoms with Gasteiger partial charge >= 0.3 is 6.40 Å². The Morgan fingerprint density at radius 2 is 2.46 bits per heavy atom. The van der Waals surface area contributed by atoms with Gasteiger partial charge in [0, 0.05) is 0 Å². The summed E-state index contributed by atoms with van der Waals surface area (Å²) < 4.78 is 6.79. The number of ketones is 1. The zero-order valence-electron chi connectivity index (χ0n) is 7.69. The van der Waals surface area contributed by atoms with Gasteiger partial charge in [-0.15, -0.1) is 11.3 Å². The van der Waals surface area contributed by atoms with E-state index in [1.807, 2.05) is 25.5 Å². The molecule has 3 nitrogen and oxygen atoms in total. The molecule has 13 heavy (non-hydrogen) atoms. The fourth-order valence-corrected chi connectivity index (χ4v) is 1.42. The molecular weight excluding hydrogens is 186 g/mol. The van der Waals surface area contributed by atoms with E-state index in [1.165, 1.54) is 17.7 Å². The van der Waals surface area contributed by atoms with E-state index >= 15 is 0 Å². The first-order valence-corrected chi connectivity index (χ1v) is 4.76. The number of hydrogen-bond acceptors (Lipinski definition) is 3. The molecule has 0 aliphatic carbocycles. The topological polar surface area (TPSA) is 29.3 Å². The number of nitrogens with zero attached hydrogens (tertiary/aromatic N) is 1. The van der Waals surface area contributed by atoms with Gasteiger partial charge in [0.25, 0.3) is 0 Å². The summed E-state index contributed by atoms with van der Waals surface area (Å²) in [4.78, 5) is 12.1. The third kappa shape index (κ3) is 3.38. The highest BCUT2D eigenvalue weighted by atomic mass is 32.1. The molecule has 0 unspecified atom stereocenters. The van der Waals surface area contributed by atoms with Crippen LogP contribution in [0, 0.1) is 0 Å². The molecule has 0 aliphatic heterocycles. The van der Waals surface area contributed by atoms with Gasteiger partial charge in [-0.1, -0.05) is 6.07 Å². The van der Waals surface area contributed by atoms with E-state index in [4.69, 9.17) is 4.74 Å². The molecule has 0 N–H and O–H groups in total. The minimum absolute atomic E-state index is 0.0214. The molecule has 0 bridgehead atoms. The first-order chi connectivity index (χ1) is 6.20. The molecule has 0 spiro atoms. The van der Waals surface area contributed by atoms with Crippen molar-refractivity contribution in [3.8, 4) is 0 Å². The maximum absolute atomic E-state index is 11.3. The third-order valence-corrected chi connectivity index (χ3v) is 2.21. The Balaban J connectivity index is 2.39.